The molecule has 0 fully saturated rings. The van der Waals surface area contributed by atoms with Gasteiger partial charge < -0.3 is 14.4 Å². The number of hydrogen-bond acceptors (Lipinski definition) is 3. The Bertz CT molecular complexity index is 2090. The van der Waals surface area contributed by atoms with E-state index < -0.39 is 20.6 Å². The van der Waals surface area contributed by atoms with E-state index in [0.29, 0.717) is 24.1 Å². The largest absolute Gasteiger partial charge is 0.417 e. The number of aryl methyl sites for hydroxylation is 4. The third-order valence-electron chi connectivity index (χ3n) is 10.4. The zero-order chi connectivity index (χ0) is 38.1. The number of H-pyrrole nitrogens is 2. The minimum absolute atomic E-state index is 0.657. The van der Waals surface area contributed by atoms with Crippen LogP contribution in [0.15, 0.2) is 24.3 Å². The Labute approximate surface area is 309 Å². The maximum atomic E-state index is 14.6. The molecular weight excluding hydrogens is 674 g/mol. The number of nitrogens with one attached hydrogen (secondary N) is 2. The molecule has 1 atom stereocenters. The van der Waals surface area contributed by atoms with E-state index in [1.165, 1.54) is 28.3 Å². The molecule has 0 aromatic carbocycles. The van der Waals surface area contributed by atoms with Crippen molar-refractivity contribution in [2.24, 2.45) is 0 Å². The van der Waals surface area contributed by atoms with Gasteiger partial charge in [0.25, 0.3) is 0 Å². The van der Waals surface area contributed by atoms with E-state index in [2.05, 4.69) is 83.6 Å². The number of hydrogen-bond donors (Lipinski definition) is 2. The first-order valence-electron chi connectivity index (χ1n) is 19.4. The number of fused-ring (bicyclic) bond motifs is 8. The molecule has 1 unspecified atom stereocenters. The molecule has 2 aliphatic heterocycles. The van der Waals surface area contributed by atoms with E-state index in [1.54, 1.807) is 25.7 Å². The normalized spacial score (nSPS) is 14.7. The Balaban J connectivity index is 2.07. The molecular formula is C43H57F3N4OSi. The van der Waals surface area contributed by atoms with Gasteiger partial charge in [0.15, 0.2) is 14.4 Å². The molecule has 0 radical (unpaired) electrons. The van der Waals surface area contributed by atoms with Gasteiger partial charge in [-0.15, -0.1) is 0 Å². The highest BCUT2D eigenvalue weighted by atomic mass is 28.4. The van der Waals surface area contributed by atoms with Crippen molar-refractivity contribution < 1.29 is 17.6 Å². The fourth-order valence-corrected chi connectivity index (χ4v) is 9.14. The lowest BCUT2D eigenvalue weighted by molar-refractivity contribution is -0.182. The predicted octanol–water partition coefficient (Wildman–Crippen LogP) is 12.8. The molecule has 5 nitrogen and oxygen atoms in total. The van der Waals surface area contributed by atoms with Crippen molar-refractivity contribution in [2.45, 2.75) is 139 Å². The van der Waals surface area contributed by atoms with Crippen LogP contribution in [0.2, 0.25) is 19.6 Å². The Hall–Kier alpha value is -3.69. The first-order valence-corrected chi connectivity index (χ1v) is 22.8. The zero-order valence-electron chi connectivity index (χ0n) is 33.1. The van der Waals surface area contributed by atoms with Crippen molar-refractivity contribution in [2.75, 3.05) is 0 Å². The Morgan fingerprint density at radius 3 is 1.58 bits per heavy atom. The molecule has 2 aliphatic rings. The lowest BCUT2D eigenvalue weighted by atomic mass is 9.95. The number of aromatic amines is 2. The Morgan fingerprint density at radius 1 is 0.615 bits per heavy atom. The summed E-state index contributed by atoms with van der Waals surface area (Å²) in [5.41, 5.74) is 17.4. The summed E-state index contributed by atoms with van der Waals surface area (Å²) in [5, 5.41) is 0. The minimum Gasteiger partial charge on any atom is -0.403 e. The van der Waals surface area contributed by atoms with Crippen molar-refractivity contribution in [1.82, 2.24) is 19.9 Å². The van der Waals surface area contributed by atoms with Gasteiger partial charge in [0.05, 0.1) is 28.3 Å². The highest BCUT2D eigenvalue weighted by Gasteiger charge is 2.41. The second-order valence-corrected chi connectivity index (χ2v) is 19.1. The van der Waals surface area contributed by atoms with Crippen LogP contribution in [-0.2, 0) is 30.1 Å². The SMILES string of the molecule is CCC1=C(CC)c2cc3[nH]c(cc4[nH]c(c(/C=C/C(O[Si](C)(C)C)C(F)(F)F)c5nc(cc1n2)C(CC)=C5CC)c(CC)c4CC)c(CC)c3CC. The molecule has 3 aromatic heterocycles. The summed E-state index contributed by atoms with van der Waals surface area (Å²) in [6.07, 6.45) is 2.56. The van der Waals surface area contributed by atoms with Crippen LogP contribution in [0, 0.1) is 0 Å². The number of aromatic nitrogens is 4. The number of alkyl halides is 3. The molecule has 0 amide bonds. The van der Waals surface area contributed by atoms with E-state index >= 15 is 0 Å². The van der Waals surface area contributed by atoms with Crippen LogP contribution in [-0.4, -0.2) is 40.5 Å². The highest BCUT2D eigenvalue weighted by Crippen LogP contribution is 2.41. The van der Waals surface area contributed by atoms with Crippen molar-refractivity contribution in [3.05, 3.63) is 74.9 Å². The second-order valence-electron chi connectivity index (χ2n) is 14.6. The van der Waals surface area contributed by atoms with Crippen LogP contribution in [0.3, 0.4) is 0 Å². The van der Waals surface area contributed by atoms with E-state index in [0.717, 1.165) is 99.9 Å². The fraction of sp³-hybridized carbons (Fsp3) is 0.488. The molecule has 8 bridgehead atoms. The average molecular weight is 731 g/mol. The smallest absolute Gasteiger partial charge is 0.403 e. The Morgan fingerprint density at radius 2 is 1.08 bits per heavy atom. The van der Waals surface area contributed by atoms with Crippen molar-refractivity contribution >= 4 is 58.8 Å². The zero-order valence-corrected chi connectivity index (χ0v) is 34.1. The highest BCUT2D eigenvalue weighted by molar-refractivity contribution is 6.69. The quantitative estimate of drug-likeness (QED) is 0.182. The maximum absolute atomic E-state index is 14.6. The number of allylic oxidation sites excluding steroid dienone is 4. The molecule has 2 N–H and O–H groups in total. The summed E-state index contributed by atoms with van der Waals surface area (Å²) in [7, 11) is -2.55. The minimum atomic E-state index is -4.56. The van der Waals surface area contributed by atoms with Gasteiger partial charge in [0.2, 0.25) is 0 Å². The fourth-order valence-electron chi connectivity index (χ4n) is 8.16. The van der Waals surface area contributed by atoms with Crippen LogP contribution in [0.25, 0.3) is 50.4 Å². The van der Waals surface area contributed by atoms with E-state index in [-0.39, 0.29) is 0 Å². The summed E-state index contributed by atoms with van der Waals surface area (Å²) in [4.78, 5) is 18.1. The summed E-state index contributed by atoms with van der Waals surface area (Å²) < 4.78 is 49.4. The van der Waals surface area contributed by atoms with Crippen molar-refractivity contribution in [3.63, 3.8) is 0 Å². The third kappa shape index (κ3) is 7.54. The average Bonchev–Trinajstić information content (AvgIpc) is 3.82. The van der Waals surface area contributed by atoms with Crippen LogP contribution in [0.1, 0.15) is 132 Å². The van der Waals surface area contributed by atoms with Gasteiger partial charge in [-0.1, -0.05) is 61.5 Å². The molecule has 9 heteroatoms. The van der Waals surface area contributed by atoms with Gasteiger partial charge in [0.1, 0.15) is 0 Å². The molecule has 0 spiro atoms. The van der Waals surface area contributed by atoms with Crippen molar-refractivity contribution in [1.29, 1.82) is 0 Å². The maximum Gasteiger partial charge on any atom is 0.417 e. The number of nitrogens with zero attached hydrogens (tertiary/aromatic N) is 2. The van der Waals surface area contributed by atoms with E-state index in [1.807, 2.05) is 0 Å². The third-order valence-corrected chi connectivity index (χ3v) is 11.3. The lowest BCUT2D eigenvalue weighted by Crippen LogP contribution is -2.39. The van der Waals surface area contributed by atoms with E-state index in [9.17, 15) is 13.2 Å². The first kappa shape index (κ1) is 39.5. The number of halogens is 3. The van der Waals surface area contributed by atoms with Crippen LogP contribution < -0.4 is 0 Å². The molecule has 5 rings (SSSR count). The molecule has 280 valence electrons. The van der Waals surface area contributed by atoms with Crippen LogP contribution in [0.4, 0.5) is 13.2 Å². The van der Waals surface area contributed by atoms with Crippen LogP contribution >= 0.6 is 0 Å². The molecule has 5 heterocycles. The summed E-state index contributed by atoms with van der Waals surface area (Å²) in [6, 6.07) is 6.54. The standard InChI is InChI=1S/C43H57F3N4OSi/c1-12-25-27(14-3)36-23-38-29(16-5)31(18-7)41(49-38)33(20-21-40(43(44,45)46)51-52(9,10)11)42-32(19-8)30(17-6)39(50-42)24-37-28(15-4)26(13-2)35(48-37)22-34(25)47-36/h20-24,40,47,49H,12-19H2,1-11H3/b21-20+,34-22?,35-22?,36-23?,37-24?,38-23?,39-24?,41-33?,42-33?. The monoisotopic (exact) mass is 730 g/mol. The lowest BCUT2D eigenvalue weighted by Gasteiger charge is -2.26. The topological polar surface area (TPSA) is 66.6 Å². The summed E-state index contributed by atoms with van der Waals surface area (Å²) in [5.74, 6) is 0. The van der Waals surface area contributed by atoms with E-state index in [4.69, 9.17) is 14.4 Å². The molecule has 52 heavy (non-hydrogen) atoms. The molecule has 0 aliphatic carbocycles. The van der Waals surface area contributed by atoms with Crippen molar-refractivity contribution in [3.8, 4) is 0 Å². The van der Waals surface area contributed by atoms with Gasteiger partial charge >= 0.3 is 6.18 Å². The molecule has 0 saturated heterocycles. The molecule has 0 saturated carbocycles. The predicted molar refractivity (Wildman–Crippen MR) is 217 cm³/mol. The van der Waals surface area contributed by atoms with Gasteiger partial charge in [-0.25, -0.2) is 9.97 Å². The second kappa shape index (κ2) is 15.7. The van der Waals surface area contributed by atoms with Gasteiger partial charge in [0, 0.05) is 22.1 Å². The van der Waals surface area contributed by atoms with Gasteiger partial charge in [-0.05, 0) is 140 Å². The van der Waals surface area contributed by atoms with Crippen LogP contribution in [0.5, 0.6) is 0 Å². The number of rotatable bonds is 12. The first-order chi connectivity index (χ1) is 24.7. The summed E-state index contributed by atoms with van der Waals surface area (Å²) >= 11 is 0. The Kier molecular flexibility index (Phi) is 12.0. The van der Waals surface area contributed by atoms with Gasteiger partial charge in [-0.3, -0.25) is 0 Å². The summed E-state index contributed by atoms with van der Waals surface area (Å²) in [6.45, 7) is 22.6. The molecule has 3 aromatic rings. The van der Waals surface area contributed by atoms with Gasteiger partial charge in [-0.2, -0.15) is 13.2 Å².